The molecule has 98 valence electrons. The molecule has 19 heavy (non-hydrogen) atoms. The van der Waals surface area contributed by atoms with E-state index in [0.717, 1.165) is 24.1 Å². The molecule has 5 heteroatoms. The smallest absolute Gasteiger partial charge is 0.193 e. The topological polar surface area (TPSA) is 61.7 Å². The highest BCUT2D eigenvalue weighted by Gasteiger charge is 2.39. The van der Waals surface area contributed by atoms with Gasteiger partial charge in [-0.3, -0.25) is 4.79 Å². The molecule has 1 heterocycles. The number of phenols is 1. The van der Waals surface area contributed by atoms with Gasteiger partial charge in [0.2, 0.25) is 0 Å². The molecule has 1 aliphatic carbocycles. The number of benzene rings is 1. The first-order valence-corrected chi connectivity index (χ1v) is 6.75. The number of rotatable bonds is 1. The van der Waals surface area contributed by atoms with Crippen molar-refractivity contribution in [2.24, 2.45) is 10.9 Å². The molecule has 0 saturated heterocycles. The second-order valence-corrected chi connectivity index (χ2v) is 5.31. The lowest BCUT2D eigenvalue weighted by molar-refractivity contribution is -0.122. The highest BCUT2D eigenvalue weighted by atomic mass is 32.1. The molecule has 0 spiro atoms. The van der Waals surface area contributed by atoms with E-state index in [4.69, 9.17) is 12.2 Å². The number of phenolic OH excluding ortho intramolecular Hbond substituents is 1. The van der Waals surface area contributed by atoms with E-state index in [-0.39, 0.29) is 23.5 Å². The SMILES string of the molecule is O=C1CCCC2=NC(=S)NC(c3cccc(O)c3)C12. The fraction of sp³-hybridized carbons (Fsp3) is 0.357. The van der Waals surface area contributed by atoms with Crippen molar-refractivity contribution in [3.63, 3.8) is 0 Å². The zero-order chi connectivity index (χ0) is 13.4. The molecular weight excluding hydrogens is 260 g/mol. The monoisotopic (exact) mass is 274 g/mol. The minimum Gasteiger partial charge on any atom is -0.508 e. The summed E-state index contributed by atoms with van der Waals surface area (Å²) in [6.07, 6.45) is 2.27. The van der Waals surface area contributed by atoms with Crippen LogP contribution in [0, 0.1) is 5.92 Å². The third-order valence-corrected chi connectivity index (χ3v) is 3.86. The van der Waals surface area contributed by atoms with Gasteiger partial charge >= 0.3 is 0 Å². The molecule has 0 radical (unpaired) electrons. The van der Waals surface area contributed by atoms with E-state index in [2.05, 4.69) is 10.3 Å². The Morgan fingerprint density at radius 2 is 2.21 bits per heavy atom. The van der Waals surface area contributed by atoms with E-state index < -0.39 is 0 Å². The standard InChI is InChI=1S/C14H14N2O2S/c17-9-4-1-3-8(7-9)13-12-10(15-14(19)16-13)5-2-6-11(12)18/h1,3-4,7,12-13,17H,2,5-6H2,(H,16,19). The van der Waals surface area contributed by atoms with E-state index >= 15 is 0 Å². The Labute approximate surface area is 116 Å². The molecule has 2 N–H and O–H groups in total. The van der Waals surface area contributed by atoms with Crippen LogP contribution >= 0.6 is 12.2 Å². The van der Waals surface area contributed by atoms with Crippen molar-refractivity contribution < 1.29 is 9.90 Å². The van der Waals surface area contributed by atoms with E-state index in [9.17, 15) is 9.90 Å². The zero-order valence-corrected chi connectivity index (χ0v) is 11.1. The summed E-state index contributed by atoms with van der Waals surface area (Å²) in [5, 5.41) is 13.1. The number of thiocarbonyl (C=S) groups is 1. The molecule has 0 bridgehead atoms. The Balaban J connectivity index is 2.03. The summed E-state index contributed by atoms with van der Waals surface area (Å²) in [4.78, 5) is 16.5. The summed E-state index contributed by atoms with van der Waals surface area (Å²) < 4.78 is 0. The predicted octanol–water partition coefficient (Wildman–Crippen LogP) is 2.13. The van der Waals surface area contributed by atoms with Crippen LogP contribution in [0.25, 0.3) is 0 Å². The number of fused-ring (bicyclic) bond motifs is 1. The fourth-order valence-corrected chi connectivity index (χ4v) is 3.06. The third-order valence-electron chi connectivity index (χ3n) is 3.65. The summed E-state index contributed by atoms with van der Waals surface area (Å²) in [5.74, 6) is 0.146. The lowest BCUT2D eigenvalue weighted by atomic mass is 9.78. The van der Waals surface area contributed by atoms with Gasteiger partial charge in [-0.05, 0) is 42.8 Å². The second-order valence-electron chi connectivity index (χ2n) is 4.92. The Morgan fingerprint density at radius 3 is 3.00 bits per heavy atom. The summed E-state index contributed by atoms with van der Waals surface area (Å²) in [7, 11) is 0. The van der Waals surface area contributed by atoms with Crippen LogP contribution in [-0.2, 0) is 4.79 Å². The number of nitrogens with zero attached hydrogens (tertiary/aromatic N) is 1. The average molecular weight is 274 g/mol. The number of carbonyl (C=O) groups excluding carboxylic acids is 1. The van der Waals surface area contributed by atoms with Crippen LogP contribution < -0.4 is 5.32 Å². The first-order chi connectivity index (χ1) is 9.15. The maximum atomic E-state index is 12.2. The zero-order valence-electron chi connectivity index (χ0n) is 10.3. The van der Waals surface area contributed by atoms with E-state index in [1.165, 1.54) is 0 Å². The summed E-state index contributed by atoms with van der Waals surface area (Å²) in [6, 6.07) is 6.74. The van der Waals surface area contributed by atoms with Gasteiger partial charge in [0, 0.05) is 12.1 Å². The quantitative estimate of drug-likeness (QED) is 0.770. The van der Waals surface area contributed by atoms with Crippen LogP contribution in [0.15, 0.2) is 29.3 Å². The van der Waals surface area contributed by atoms with Gasteiger partial charge in [-0.1, -0.05) is 12.1 Å². The van der Waals surface area contributed by atoms with Gasteiger partial charge in [0.15, 0.2) is 5.11 Å². The number of ketones is 1. The van der Waals surface area contributed by atoms with Crippen LogP contribution in [0.4, 0.5) is 0 Å². The van der Waals surface area contributed by atoms with Gasteiger partial charge in [0.1, 0.15) is 11.5 Å². The molecule has 2 atom stereocenters. The molecule has 3 rings (SSSR count). The van der Waals surface area contributed by atoms with E-state index in [0.29, 0.717) is 11.5 Å². The van der Waals surface area contributed by atoms with Crippen molar-refractivity contribution >= 4 is 28.8 Å². The van der Waals surface area contributed by atoms with Crippen molar-refractivity contribution in [3.8, 4) is 5.75 Å². The normalized spacial score (nSPS) is 26.4. The molecule has 0 aromatic heterocycles. The molecule has 1 fully saturated rings. The molecule has 1 aromatic rings. The molecular formula is C14H14N2O2S. The van der Waals surface area contributed by atoms with Crippen molar-refractivity contribution in [2.45, 2.75) is 25.3 Å². The summed E-state index contributed by atoms with van der Waals surface area (Å²) in [5.41, 5.74) is 1.75. The minimum absolute atomic E-state index is 0.192. The number of nitrogens with one attached hydrogen (secondary N) is 1. The first kappa shape index (κ1) is 12.3. The number of aliphatic imine (C=N–C) groups is 1. The molecule has 2 unspecified atom stereocenters. The molecule has 1 aromatic carbocycles. The summed E-state index contributed by atoms with van der Waals surface area (Å²) in [6.45, 7) is 0. The number of carbonyl (C=O) groups is 1. The third kappa shape index (κ3) is 2.26. The van der Waals surface area contributed by atoms with Crippen LogP contribution in [0.5, 0.6) is 5.75 Å². The Bertz CT molecular complexity index is 583. The minimum atomic E-state index is -0.248. The van der Waals surface area contributed by atoms with Crippen molar-refractivity contribution in [3.05, 3.63) is 29.8 Å². The van der Waals surface area contributed by atoms with Gasteiger partial charge in [-0.15, -0.1) is 0 Å². The number of Topliss-reactive ketones (excluding diaryl/α,β-unsaturated/α-hetero) is 1. The van der Waals surface area contributed by atoms with E-state index in [1.807, 2.05) is 6.07 Å². The molecule has 4 nitrogen and oxygen atoms in total. The summed E-state index contributed by atoms with van der Waals surface area (Å²) >= 11 is 5.15. The van der Waals surface area contributed by atoms with Crippen LogP contribution in [0.2, 0.25) is 0 Å². The maximum Gasteiger partial charge on any atom is 0.193 e. The Hall–Kier alpha value is -1.75. The van der Waals surface area contributed by atoms with Gasteiger partial charge in [0.05, 0.1) is 12.0 Å². The van der Waals surface area contributed by atoms with Crippen LogP contribution in [0.1, 0.15) is 30.9 Å². The van der Waals surface area contributed by atoms with Crippen LogP contribution in [-0.4, -0.2) is 21.7 Å². The predicted molar refractivity (Wildman–Crippen MR) is 76.4 cm³/mol. The van der Waals surface area contributed by atoms with E-state index in [1.54, 1.807) is 18.2 Å². The highest BCUT2D eigenvalue weighted by Crippen LogP contribution is 2.34. The average Bonchev–Trinajstić information content (AvgIpc) is 2.37. The van der Waals surface area contributed by atoms with Crippen molar-refractivity contribution in [1.82, 2.24) is 5.32 Å². The Morgan fingerprint density at radius 1 is 1.37 bits per heavy atom. The molecule has 1 aliphatic heterocycles. The molecule has 0 amide bonds. The largest absolute Gasteiger partial charge is 0.508 e. The lowest BCUT2D eigenvalue weighted by Crippen LogP contribution is -2.46. The highest BCUT2D eigenvalue weighted by molar-refractivity contribution is 7.80. The van der Waals surface area contributed by atoms with Crippen molar-refractivity contribution in [2.75, 3.05) is 0 Å². The van der Waals surface area contributed by atoms with Crippen molar-refractivity contribution in [1.29, 1.82) is 0 Å². The first-order valence-electron chi connectivity index (χ1n) is 6.35. The second kappa shape index (κ2) is 4.74. The maximum absolute atomic E-state index is 12.2. The van der Waals surface area contributed by atoms with Gasteiger partial charge in [0.25, 0.3) is 0 Å². The molecule has 1 saturated carbocycles. The van der Waals surface area contributed by atoms with Crippen LogP contribution in [0.3, 0.4) is 0 Å². The molecule has 2 aliphatic rings. The van der Waals surface area contributed by atoms with Gasteiger partial charge in [-0.25, -0.2) is 4.99 Å². The number of hydrogen-bond donors (Lipinski definition) is 2. The number of aromatic hydroxyl groups is 1. The number of hydrogen-bond acceptors (Lipinski definition) is 3. The fourth-order valence-electron chi connectivity index (χ4n) is 2.82. The van der Waals surface area contributed by atoms with Gasteiger partial charge in [-0.2, -0.15) is 0 Å². The Kier molecular flexibility index (Phi) is 3.06. The van der Waals surface area contributed by atoms with Gasteiger partial charge < -0.3 is 10.4 Å². The lowest BCUT2D eigenvalue weighted by Gasteiger charge is -2.35.